The first-order valence-corrected chi connectivity index (χ1v) is 12.6. The second-order valence-electron chi connectivity index (χ2n) is 9.63. The zero-order valence-corrected chi connectivity index (χ0v) is 21.1. The fraction of sp³-hybridized carbons (Fsp3) is 0.385. The molecule has 10 heteroatoms. The van der Waals surface area contributed by atoms with Gasteiger partial charge in [0.25, 0.3) is 0 Å². The van der Waals surface area contributed by atoms with Crippen LogP contribution < -0.4 is 16.0 Å². The van der Waals surface area contributed by atoms with Crippen LogP contribution in [0, 0.1) is 5.92 Å². The number of piperazine rings is 1. The van der Waals surface area contributed by atoms with Crippen LogP contribution in [0.1, 0.15) is 19.7 Å². The molecule has 2 bridgehead atoms. The van der Waals surface area contributed by atoms with Crippen molar-refractivity contribution in [2.75, 3.05) is 36.8 Å². The zero-order chi connectivity index (χ0) is 25.2. The van der Waals surface area contributed by atoms with Crippen molar-refractivity contribution in [1.82, 2.24) is 25.1 Å². The van der Waals surface area contributed by atoms with Crippen LogP contribution in [0.25, 0.3) is 10.9 Å². The summed E-state index contributed by atoms with van der Waals surface area (Å²) in [5, 5.41) is 10.9. The number of urea groups is 1. The van der Waals surface area contributed by atoms with E-state index in [1.807, 2.05) is 38.1 Å². The molecule has 1 aromatic heterocycles. The normalized spacial score (nSPS) is 20.8. The SMILES string of the molecule is CC(C)[C@@H]1Nc2nc(nc3ccccc23)CN2CCN(C(=O)Nc3cccc(Cl)c3)CC2CNC1=O. The van der Waals surface area contributed by atoms with Gasteiger partial charge in [0.15, 0.2) is 0 Å². The molecule has 36 heavy (non-hydrogen) atoms. The molecule has 3 heterocycles. The van der Waals surface area contributed by atoms with Gasteiger partial charge in [-0.25, -0.2) is 14.8 Å². The topological polar surface area (TPSA) is 102 Å². The molecule has 0 spiro atoms. The fourth-order valence-corrected chi connectivity index (χ4v) is 4.94. The number of amides is 3. The van der Waals surface area contributed by atoms with Gasteiger partial charge < -0.3 is 20.9 Å². The largest absolute Gasteiger partial charge is 0.358 e. The van der Waals surface area contributed by atoms with Crippen LogP contribution >= 0.6 is 11.6 Å². The molecule has 1 fully saturated rings. The fourth-order valence-electron chi connectivity index (χ4n) is 4.75. The number of carbonyl (C=O) groups is 2. The van der Waals surface area contributed by atoms with E-state index in [0.29, 0.717) is 55.1 Å². The van der Waals surface area contributed by atoms with E-state index in [4.69, 9.17) is 21.6 Å². The van der Waals surface area contributed by atoms with Crippen LogP contribution in [0.5, 0.6) is 0 Å². The van der Waals surface area contributed by atoms with Crippen molar-refractivity contribution < 1.29 is 9.59 Å². The van der Waals surface area contributed by atoms with Gasteiger partial charge in [0.1, 0.15) is 17.7 Å². The third-order valence-corrected chi connectivity index (χ3v) is 6.95. The lowest BCUT2D eigenvalue weighted by Crippen LogP contribution is -2.59. The highest BCUT2D eigenvalue weighted by molar-refractivity contribution is 6.30. The summed E-state index contributed by atoms with van der Waals surface area (Å²) in [6, 6.07) is 14.2. The van der Waals surface area contributed by atoms with Gasteiger partial charge in [-0.3, -0.25) is 9.69 Å². The Labute approximate surface area is 215 Å². The Balaban J connectivity index is 1.41. The van der Waals surface area contributed by atoms with E-state index in [9.17, 15) is 9.59 Å². The Morgan fingerprint density at radius 2 is 1.97 bits per heavy atom. The lowest BCUT2D eigenvalue weighted by atomic mass is 10.0. The number of halogens is 1. The molecule has 1 saturated heterocycles. The number of carbonyl (C=O) groups excluding carboxylic acids is 2. The monoisotopic (exact) mass is 507 g/mol. The molecule has 0 aliphatic carbocycles. The average molecular weight is 508 g/mol. The van der Waals surface area contributed by atoms with E-state index in [2.05, 4.69) is 20.9 Å². The summed E-state index contributed by atoms with van der Waals surface area (Å²) in [5.74, 6) is 1.32. The average Bonchev–Trinajstić information content (AvgIpc) is 2.87. The van der Waals surface area contributed by atoms with E-state index in [-0.39, 0.29) is 23.9 Å². The van der Waals surface area contributed by atoms with Crippen molar-refractivity contribution in [1.29, 1.82) is 0 Å². The van der Waals surface area contributed by atoms with Crippen LogP contribution in [-0.4, -0.2) is 70.0 Å². The molecular formula is C26H30ClN7O2. The van der Waals surface area contributed by atoms with Gasteiger partial charge >= 0.3 is 6.03 Å². The summed E-state index contributed by atoms with van der Waals surface area (Å²) in [5.41, 5.74) is 1.48. The number of nitrogens with zero attached hydrogens (tertiary/aromatic N) is 4. The first-order valence-electron chi connectivity index (χ1n) is 12.2. The van der Waals surface area contributed by atoms with Crippen LogP contribution in [0.15, 0.2) is 48.5 Å². The number of aromatic nitrogens is 2. The molecule has 3 aromatic rings. The lowest BCUT2D eigenvalue weighted by molar-refractivity contribution is -0.123. The van der Waals surface area contributed by atoms with Crippen LogP contribution in [0.2, 0.25) is 5.02 Å². The number of anilines is 2. The molecule has 2 aliphatic rings. The van der Waals surface area contributed by atoms with E-state index >= 15 is 0 Å². The van der Waals surface area contributed by atoms with Crippen molar-refractivity contribution in [3.63, 3.8) is 0 Å². The minimum atomic E-state index is -0.450. The number of benzene rings is 2. The maximum atomic E-state index is 13.2. The summed E-state index contributed by atoms with van der Waals surface area (Å²) in [6.07, 6.45) is 0. The van der Waals surface area contributed by atoms with E-state index < -0.39 is 6.04 Å². The number of rotatable bonds is 2. The van der Waals surface area contributed by atoms with Crippen molar-refractivity contribution in [2.24, 2.45) is 5.92 Å². The summed E-state index contributed by atoms with van der Waals surface area (Å²) in [4.78, 5) is 39.9. The Morgan fingerprint density at radius 3 is 2.78 bits per heavy atom. The highest BCUT2D eigenvalue weighted by Crippen LogP contribution is 2.24. The number of nitrogens with one attached hydrogen (secondary N) is 3. The standard InChI is InChI=1S/C26H30ClN7O2/c1-16(2)23-25(35)28-13-19-14-34(26(36)29-18-7-5-6-17(27)12-18)11-10-33(19)15-22-30-21-9-4-3-8-20(21)24(31-22)32-23/h3-9,12,16,19,23H,10-11,13-15H2,1-2H3,(H,28,35)(H,29,36)(H,30,31,32)/t19?,23-/m0/s1. The van der Waals surface area contributed by atoms with Gasteiger partial charge in [-0.05, 0) is 36.2 Å². The molecule has 0 radical (unpaired) electrons. The van der Waals surface area contributed by atoms with Crippen LogP contribution in [0.3, 0.4) is 0 Å². The van der Waals surface area contributed by atoms with Gasteiger partial charge in [0.05, 0.1) is 12.1 Å². The van der Waals surface area contributed by atoms with Crippen molar-refractivity contribution in [2.45, 2.75) is 32.5 Å². The Morgan fingerprint density at radius 1 is 1.14 bits per heavy atom. The Hall–Kier alpha value is -3.43. The summed E-state index contributed by atoms with van der Waals surface area (Å²) in [7, 11) is 0. The summed E-state index contributed by atoms with van der Waals surface area (Å²) >= 11 is 6.06. The molecule has 0 saturated carbocycles. The zero-order valence-electron chi connectivity index (χ0n) is 20.4. The highest BCUT2D eigenvalue weighted by atomic mass is 35.5. The van der Waals surface area contributed by atoms with Gasteiger partial charge in [-0.2, -0.15) is 0 Å². The van der Waals surface area contributed by atoms with E-state index in [1.165, 1.54) is 0 Å². The molecule has 9 nitrogen and oxygen atoms in total. The second-order valence-corrected chi connectivity index (χ2v) is 10.1. The smallest absolute Gasteiger partial charge is 0.321 e. The molecule has 2 aromatic carbocycles. The van der Waals surface area contributed by atoms with Crippen molar-refractivity contribution in [3.8, 4) is 0 Å². The number of para-hydroxylation sites is 1. The lowest BCUT2D eigenvalue weighted by Gasteiger charge is -2.41. The maximum Gasteiger partial charge on any atom is 0.321 e. The number of hydrogen-bond donors (Lipinski definition) is 3. The third kappa shape index (κ3) is 5.22. The van der Waals surface area contributed by atoms with Crippen LogP contribution in [0.4, 0.5) is 16.3 Å². The predicted molar refractivity (Wildman–Crippen MR) is 141 cm³/mol. The van der Waals surface area contributed by atoms with Gasteiger partial charge in [0.2, 0.25) is 5.91 Å². The molecule has 2 atom stereocenters. The molecule has 3 amide bonds. The van der Waals surface area contributed by atoms with Gasteiger partial charge in [-0.15, -0.1) is 0 Å². The maximum absolute atomic E-state index is 13.2. The van der Waals surface area contributed by atoms with Gasteiger partial charge in [-0.1, -0.05) is 43.6 Å². The molecule has 3 N–H and O–H groups in total. The quantitative estimate of drug-likeness (QED) is 0.490. The van der Waals surface area contributed by atoms with Gasteiger partial charge in [0, 0.05) is 48.3 Å². The van der Waals surface area contributed by atoms with Crippen molar-refractivity contribution >= 4 is 45.9 Å². The van der Waals surface area contributed by atoms with E-state index in [0.717, 1.165) is 10.9 Å². The van der Waals surface area contributed by atoms with E-state index in [1.54, 1.807) is 29.2 Å². The molecule has 5 rings (SSSR count). The number of fused-ring (bicyclic) bond motifs is 5. The predicted octanol–water partition coefficient (Wildman–Crippen LogP) is 3.57. The second kappa shape index (κ2) is 10.3. The molecule has 1 unspecified atom stereocenters. The molecule has 188 valence electrons. The van der Waals surface area contributed by atoms with Crippen molar-refractivity contribution in [3.05, 3.63) is 59.4 Å². The minimum Gasteiger partial charge on any atom is -0.358 e. The first-order chi connectivity index (χ1) is 17.4. The summed E-state index contributed by atoms with van der Waals surface area (Å²) in [6.45, 7) is 6.61. The first kappa shape index (κ1) is 24.3. The number of hydrogen-bond acceptors (Lipinski definition) is 6. The molecular weight excluding hydrogens is 478 g/mol. The molecule has 2 aliphatic heterocycles. The Kier molecular flexibility index (Phi) is 6.93. The third-order valence-electron chi connectivity index (χ3n) is 6.72. The summed E-state index contributed by atoms with van der Waals surface area (Å²) < 4.78 is 0. The van der Waals surface area contributed by atoms with Crippen LogP contribution in [-0.2, 0) is 11.3 Å². The Bertz CT molecular complexity index is 1280. The highest BCUT2D eigenvalue weighted by Gasteiger charge is 2.33. The minimum absolute atomic E-state index is 0.0466.